The number of hydrogen-bond donors (Lipinski definition) is 2. The van der Waals surface area contributed by atoms with Gasteiger partial charge in [-0.25, -0.2) is 0 Å². The Hall–Kier alpha value is -1.02. The van der Waals surface area contributed by atoms with Gasteiger partial charge in [-0.15, -0.1) is 0 Å². The van der Waals surface area contributed by atoms with Crippen LogP contribution in [0, 0.1) is 19.9 Å². The number of rotatable bonds is 3. The Kier molecular flexibility index (Phi) is 3.11. The fraction of sp³-hybridized carbons (Fsp3) is 0.400. The first-order valence-corrected chi connectivity index (χ1v) is 4.17. The Morgan fingerprint density at radius 1 is 1.42 bits per heavy atom. The van der Waals surface area contributed by atoms with Gasteiger partial charge in [-0.3, -0.25) is 0 Å². The highest BCUT2D eigenvalue weighted by atomic mass is 14.9. The summed E-state index contributed by atoms with van der Waals surface area (Å²) >= 11 is 0. The van der Waals surface area contributed by atoms with E-state index < -0.39 is 0 Å². The molecule has 0 amide bonds. The lowest BCUT2D eigenvalue weighted by Gasteiger charge is -2.09. The van der Waals surface area contributed by atoms with Gasteiger partial charge in [0.15, 0.2) is 0 Å². The molecule has 0 bridgehead atoms. The minimum absolute atomic E-state index is 0.660. The number of nitrogens with two attached hydrogens (primary N) is 1. The standard InChI is InChI=1S/C10H15N2/c1-8-4-3-5-10(9(8)2)12-7-6-11/h4-5,12H,6-7,11H2,1-2H3. The summed E-state index contributed by atoms with van der Waals surface area (Å²) < 4.78 is 0. The maximum Gasteiger partial charge on any atom is 0.0379 e. The molecule has 0 spiro atoms. The Balaban J connectivity index is 2.78. The van der Waals surface area contributed by atoms with Crippen LogP contribution in [0.2, 0.25) is 0 Å². The topological polar surface area (TPSA) is 38.0 Å². The van der Waals surface area contributed by atoms with E-state index in [0.717, 1.165) is 12.2 Å². The van der Waals surface area contributed by atoms with Crippen molar-refractivity contribution >= 4 is 5.69 Å². The fourth-order valence-corrected chi connectivity index (χ4v) is 1.07. The van der Waals surface area contributed by atoms with Gasteiger partial charge in [0.05, 0.1) is 0 Å². The lowest BCUT2D eigenvalue weighted by atomic mass is 10.1. The van der Waals surface area contributed by atoms with Crippen LogP contribution in [-0.2, 0) is 0 Å². The summed E-state index contributed by atoms with van der Waals surface area (Å²) in [6, 6.07) is 7.02. The molecule has 0 saturated carbocycles. The minimum Gasteiger partial charge on any atom is -0.384 e. The third kappa shape index (κ3) is 1.98. The Morgan fingerprint density at radius 3 is 2.83 bits per heavy atom. The van der Waals surface area contributed by atoms with Crippen LogP contribution in [0.3, 0.4) is 0 Å². The van der Waals surface area contributed by atoms with E-state index in [4.69, 9.17) is 5.73 Å². The molecule has 65 valence electrons. The molecular weight excluding hydrogens is 148 g/mol. The van der Waals surface area contributed by atoms with Crippen molar-refractivity contribution in [3.05, 3.63) is 29.3 Å². The van der Waals surface area contributed by atoms with Crippen LogP contribution in [0.1, 0.15) is 11.1 Å². The summed E-state index contributed by atoms with van der Waals surface area (Å²) in [6.45, 7) is 5.66. The highest BCUT2D eigenvalue weighted by Gasteiger charge is 1.97. The van der Waals surface area contributed by atoms with Crippen LogP contribution in [0.5, 0.6) is 0 Å². The largest absolute Gasteiger partial charge is 0.384 e. The maximum absolute atomic E-state index is 5.39. The zero-order valence-electron chi connectivity index (χ0n) is 7.65. The molecule has 12 heavy (non-hydrogen) atoms. The van der Waals surface area contributed by atoms with Gasteiger partial charge in [0.25, 0.3) is 0 Å². The van der Waals surface area contributed by atoms with E-state index in [1.54, 1.807) is 0 Å². The van der Waals surface area contributed by atoms with Gasteiger partial charge in [-0.05, 0) is 37.1 Å². The molecule has 0 aliphatic heterocycles. The second-order valence-corrected chi connectivity index (χ2v) is 2.89. The molecular formula is C10H15N2. The van der Waals surface area contributed by atoms with Gasteiger partial charge in [0.2, 0.25) is 0 Å². The van der Waals surface area contributed by atoms with Gasteiger partial charge in [-0.1, -0.05) is 6.07 Å². The van der Waals surface area contributed by atoms with E-state index in [0.29, 0.717) is 6.54 Å². The Morgan fingerprint density at radius 2 is 2.17 bits per heavy atom. The molecule has 0 heterocycles. The zero-order chi connectivity index (χ0) is 8.97. The van der Waals surface area contributed by atoms with Crippen molar-refractivity contribution in [1.82, 2.24) is 0 Å². The molecule has 0 atom stereocenters. The van der Waals surface area contributed by atoms with E-state index in [9.17, 15) is 0 Å². The molecule has 1 aromatic rings. The zero-order valence-corrected chi connectivity index (χ0v) is 7.65. The first-order chi connectivity index (χ1) is 5.75. The van der Waals surface area contributed by atoms with Gasteiger partial charge in [0, 0.05) is 18.8 Å². The first-order valence-electron chi connectivity index (χ1n) is 4.17. The second kappa shape index (κ2) is 4.12. The van der Waals surface area contributed by atoms with Crippen molar-refractivity contribution in [2.75, 3.05) is 18.4 Å². The number of aryl methyl sites for hydroxylation is 1. The lowest BCUT2D eigenvalue weighted by Crippen LogP contribution is -2.13. The van der Waals surface area contributed by atoms with Crippen molar-refractivity contribution in [2.24, 2.45) is 5.73 Å². The summed E-state index contributed by atoms with van der Waals surface area (Å²) in [5, 5.41) is 3.25. The quantitative estimate of drug-likeness (QED) is 0.708. The van der Waals surface area contributed by atoms with Crippen molar-refractivity contribution < 1.29 is 0 Å². The molecule has 0 aliphatic carbocycles. The molecule has 0 unspecified atom stereocenters. The highest BCUT2D eigenvalue weighted by molar-refractivity contribution is 5.53. The van der Waals surface area contributed by atoms with Crippen molar-refractivity contribution in [2.45, 2.75) is 13.8 Å². The monoisotopic (exact) mass is 163 g/mol. The van der Waals surface area contributed by atoms with Crippen LogP contribution in [0.15, 0.2) is 12.1 Å². The summed E-state index contributed by atoms with van der Waals surface area (Å²) in [4.78, 5) is 0. The third-order valence-corrected chi connectivity index (χ3v) is 1.98. The second-order valence-electron chi connectivity index (χ2n) is 2.89. The minimum atomic E-state index is 0.660. The molecule has 0 aromatic heterocycles. The maximum atomic E-state index is 5.39. The number of nitrogens with one attached hydrogen (secondary N) is 1. The number of benzene rings is 1. The van der Waals surface area contributed by atoms with Gasteiger partial charge in [-0.2, -0.15) is 0 Å². The molecule has 1 rings (SSSR count). The predicted molar refractivity (Wildman–Crippen MR) is 52.3 cm³/mol. The van der Waals surface area contributed by atoms with E-state index in [1.165, 1.54) is 11.1 Å². The highest BCUT2D eigenvalue weighted by Crippen LogP contribution is 2.16. The number of anilines is 1. The lowest BCUT2D eigenvalue weighted by molar-refractivity contribution is 1.02. The summed E-state index contributed by atoms with van der Waals surface area (Å²) in [7, 11) is 0. The van der Waals surface area contributed by atoms with Crippen molar-refractivity contribution in [3.8, 4) is 0 Å². The molecule has 2 heteroatoms. The van der Waals surface area contributed by atoms with Crippen LogP contribution < -0.4 is 11.1 Å². The summed E-state index contributed by atoms with van der Waals surface area (Å²) in [5.74, 6) is 0. The molecule has 1 aromatic carbocycles. The van der Waals surface area contributed by atoms with Crippen molar-refractivity contribution in [1.29, 1.82) is 0 Å². The predicted octanol–water partition coefficient (Wildman–Crippen LogP) is 1.47. The summed E-state index contributed by atoms with van der Waals surface area (Å²) in [5.41, 5.74) is 9.07. The van der Waals surface area contributed by atoms with E-state index in [-0.39, 0.29) is 0 Å². The van der Waals surface area contributed by atoms with Crippen LogP contribution in [0.4, 0.5) is 5.69 Å². The molecule has 0 fully saturated rings. The molecule has 3 N–H and O–H groups in total. The molecule has 0 saturated heterocycles. The normalized spacial score (nSPS) is 9.92. The van der Waals surface area contributed by atoms with E-state index >= 15 is 0 Å². The van der Waals surface area contributed by atoms with Crippen LogP contribution >= 0.6 is 0 Å². The molecule has 0 aliphatic rings. The summed E-state index contributed by atoms with van der Waals surface area (Å²) in [6.07, 6.45) is 0. The first kappa shape index (κ1) is 9.07. The smallest absolute Gasteiger partial charge is 0.0379 e. The Labute approximate surface area is 73.8 Å². The van der Waals surface area contributed by atoms with Gasteiger partial charge < -0.3 is 11.1 Å². The Bertz CT molecular complexity index is 256. The number of hydrogen-bond acceptors (Lipinski definition) is 2. The van der Waals surface area contributed by atoms with Crippen LogP contribution in [0.25, 0.3) is 0 Å². The van der Waals surface area contributed by atoms with E-state index in [1.807, 2.05) is 12.1 Å². The SMILES string of the molecule is Cc1c[c]cc(NCCN)c1C. The van der Waals surface area contributed by atoms with Gasteiger partial charge >= 0.3 is 0 Å². The van der Waals surface area contributed by atoms with Crippen LogP contribution in [-0.4, -0.2) is 13.1 Å². The third-order valence-electron chi connectivity index (χ3n) is 1.98. The van der Waals surface area contributed by atoms with Gasteiger partial charge in [0.1, 0.15) is 0 Å². The average Bonchev–Trinajstić information content (AvgIpc) is 2.08. The molecule has 2 nitrogen and oxygen atoms in total. The fourth-order valence-electron chi connectivity index (χ4n) is 1.07. The average molecular weight is 163 g/mol. The van der Waals surface area contributed by atoms with E-state index in [2.05, 4.69) is 25.2 Å². The van der Waals surface area contributed by atoms with Crippen molar-refractivity contribution in [3.63, 3.8) is 0 Å². The molecule has 1 radical (unpaired) electrons.